The summed E-state index contributed by atoms with van der Waals surface area (Å²) in [5, 5.41) is 3.03. The van der Waals surface area contributed by atoms with Crippen molar-refractivity contribution in [1.82, 2.24) is 15.1 Å². The van der Waals surface area contributed by atoms with Crippen molar-refractivity contribution in [1.29, 1.82) is 0 Å². The Morgan fingerprint density at radius 1 is 1.00 bits per heavy atom. The van der Waals surface area contributed by atoms with Crippen LogP contribution in [0.2, 0.25) is 0 Å². The van der Waals surface area contributed by atoms with E-state index >= 15 is 0 Å². The minimum absolute atomic E-state index is 0.0842. The lowest BCUT2D eigenvalue weighted by Crippen LogP contribution is -2.54. The van der Waals surface area contributed by atoms with Crippen LogP contribution in [-0.2, 0) is 5.41 Å². The highest BCUT2D eigenvalue weighted by Crippen LogP contribution is 2.21. The van der Waals surface area contributed by atoms with Crippen molar-refractivity contribution >= 4 is 11.9 Å². The normalized spacial score (nSPS) is 15.0. The van der Waals surface area contributed by atoms with E-state index in [9.17, 15) is 9.59 Å². The zero-order chi connectivity index (χ0) is 18.6. The predicted octanol–water partition coefficient (Wildman–Crippen LogP) is 2.72. The second kappa shape index (κ2) is 7.64. The molecule has 1 aromatic heterocycles. The molecule has 1 saturated heterocycles. The number of nitrogens with zero attached hydrogens (tertiary/aromatic N) is 2. The van der Waals surface area contributed by atoms with Crippen molar-refractivity contribution in [3.05, 3.63) is 60.1 Å². The Morgan fingerprint density at radius 2 is 1.65 bits per heavy atom. The van der Waals surface area contributed by atoms with E-state index in [4.69, 9.17) is 4.42 Å². The molecule has 6 heteroatoms. The van der Waals surface area contributed by atoms with Gasteiger partial charge in [-0.05, 0) is 17.7 Å². The molecule has 0 atom stereocenters. The highest BCUT2D eigenvalue weighted by molar-refractivity contribution is 5.91. The largest absolute Gasteiger partial charge is 0.459 e. The fourth-order valence-electron chi connectivity index (χ4n) is 3.07. The molecule has 2 heterocycles. The Labute approximate surface area is 153 Å². The first-order valence-electron chi connectivity index (χ1n) is 8.88. The number of hydrogen-bond donors (Lipinski definition) is 1. The minimum Gasteiger partial charge on any atom is -0.459 e. The second-order valence-electron chi connectivity index (χ2n) is 7.17. The zero-order valence-corrected chi connectivity index (χ0v) is 15.3. The maximum Gasteiger partial charge on any atom is 0.317 e. The Kier molecular flexibility index (Phi) is 5.30. The van der Waals surface area contributed by atoms with Gasteiger partial charge in [0.2, 0.25) is 0 Å². The van der Waals surface area contributed by atoms with E-state index in [1.807, 2.05) is 18.2 Å². The maximum atomic E-state index is 12.5. The highest BCUT2D eigenvalue weighted by atomic mass is 16.3. The van der Waals surface area contributed by atoms with Crippen LogP contribution in [0.1, 0.15) is 30.0 Å². The molecule has 0 spiro atoms. The van der Waals surface area contributed by atoms with Crippen LogP contribution in [-0.4, -0.2) is 54.5 Å². The Balaban J connectivity index is 1.49. The summed E-state index contributed by atoms with van der Waals surface area (Å²) in [6.07, 6.45) is 1.49. The van der Waals surface area contributed by atoms with E-state index in [-0.39, 0.29) is 17.4 Å². The number of nitrogens with one attached hydrogen (secondary N) is 1. The van der Waals surface area contributed by atoms with Crippen LogP contribution < -0.4 is 5.32 Å². The summed E-state index contributed by atoms with van der Waals surface area (Å²) in [6, 6.07) is 13.4. The highest BCUT2D eigenvalue weighted by Gasteiger charge is 2.27. The molecule has 3 rings (SSSR count). The number of carbonyl (C=O) groups excluding carboxylic acids is 2. The molecule has 3 amide bonds. The lowest BCUT2D eigenvalue weighted by Gasteiger charge is -2.35. The van der Waals surface area contributed by atoms with Crippen molar-refractivity contribution in [2.24, 2.45) is 0 Å². The SMILES string of the molecule is CC(C)(CNC(=O)N1CCN(C(=O)c2ccco2)CC1)c1ccccc1. The van der Waals surface area contributed by atoms with E-state index in [1.54, 1.807) is 21.9 Å². The van der Waals surface area contributed by atoms with Crippen LogP contribution in [0, 0.1) is 0 Å². The van der Waals surface area contributed by atoms with Gasteiger partial charge in [0.25, 0.3) is 5.91 Å². The van der Waals surface area contributed by atoms with Gasteiger partial charge in [0.1, 0.15) is 0 Å². The molecule has 1 N–H and O–H groups in total. The average molecular weight is 355 g/mol. The van der Waals surface area contributed by atoms with Gasteiger partial charge >= 0.3 is 6.03 Å². The molecule has 0 saturated carbocycles. The Bertz CT molecular complexity index is 733. The molecule has 0 aliphatic carbocycles. The third-order valence-electron chi connectivity index (χ3n) is 4.82. The molecular weight excluding hydrogens is 330 g/mol. The Hall–Kier alpha value is -2.76. The van der Waals surface area contributed by atoms with Crippen LogP contribution in [0.15, 0.2) is 53.1 Å². The molecule has 0 bridgehead atoms. The minimum atomic E-state index is -0.145. The average Bonchev–Trinajstić information content (AvgIpc) is 3.21. The number of piperazine rings is 1. The van der Waals surface area contributed by atoms with Crippen LogP contribution in [0.4, 0.5) is 4.79 Å². The van der Waals surface area contributed by atoms with Gasteiger partial charge in [-0.25, -0.2) is 4.79 Å². The molecule has 2 aromatic rings. The smallest absolute Gasteiger partial charge is 0.317 e. The maximum absolute atomic E-state index is 12.5. The lowest BCUT2D eigenvalue weighted by molar-refractivity contribution is 0.0633. The van der Waals surface area contributed by atoms with Gasteiger partial charge in [-0.15, -0.1) is 0 Å². The number of benzene rings is 1. The molecule has 26 heavy (non-hydrogen) atoms. The van der Waals surface area contributed by atoms with Gasteiger partial charge in [0.05, 0.1) is 6.26 Å². The first kappa shape index (κ1) is 18.0. The first-order chi connectivity index (χ1) is 12.5. The van der Waals surface area contributed by atoms with E-state index in [1.165, 1.54) is 11.8 Å². The molecule has 0 radical (unpaired) electrons. The standard InChI is InChI=1S/C20H25N3O3/c1-20(2,16-7-4-3-5-8-16)15-21-19(25)23-12-10-22(11-13-23)18(24)17-9-6-14-26-17/h3-9,14H,10-13,15H2,1-2H3,(H,21,25). The van der Waals surface area contributed by atoms with Gasteiger partial charge in [-0.1, -0.05) is 44.2 Å². The summed E-state index contributed by atoms with van der Waals surface area (Å²) in [7, 11) is 0. The quantitative estimate of drug-likeness (QED) is 0.917. The summed E-state index contributed by atoms with van der Waals surface area (Å²) in [4.78, 5) is 28.2. The molecular formula is C20H25N3O3. The van der Waals surface area contributed by atoms with E-state index in [0.29, 0.717) is 38.5 Å². The number of hydrogen-bond acceptors (Lipinski definition) is 3. The summed E-state index contributed by atoms with van der Waals surface area (Å²) >= 11 is 0. The number of furan rings is 1. The summed E-state index contributed by atoms with van der Waals surface area (Å²) in [6.45, 7) is 6.84. The number of amides is 3. The molecule has 1 aliphatic rings. The monoisotopic (exact) mass is 355 g/mol. The lowest BCUT2D eigenvalue weighted by atomic mass is 9.85. The Morgan fingerprint density at radius 3 is 2.27 bits per heavy atom. The van der Waals surface area contributed by atoms with Crippen molar-refractivity contribution < 1.29 is 14.0 Å². The number of urea groups is 1. The topological polar surface area (TPSA) is 65.8 Å². The molecule has 1 aliphatic heterocycles. The fourth-order valence-corrected chi connectivity index (χ4v) is 3.07. The van der Waals surface area contributed by atoms with Crippen molar-refractivity contribution in [2.75, 3.05) is 32.7 Å². The van der Waals surface area contributed by atoms with E-state index < -0.39 is 0 Å². The van der Waals surface area contributed by atoms with Crippen LogP contribution in [0.5, 0.6) is 0 Å². The van der Waals surface area contributed by atoms with Crippen LogP contribution >= 0.6 is 0 Å². The molecule has 1 fully saturated rings. The zero-order valence-electron chi connectivity index (χ0n) is 15.3. The van der Waals surface area contributed by atoms with Gasteiger partial charge < -0.3 is 19.5 Å². The van der Waals surface area contributed by atoms with E-state index in [0.717, 1.165) is 0 Å². The van der Waals surface area contributed by atoms with Gasteiger partial charge in [-0.3, -0.25) is 4.79 Å². The molecule has 6 nitrogen and oxygen atoms in total. The van der Waals surface area contributed by atoms with Crippen LogP contribution in [0.3, 0.4) is 0 Å². The van der Waals surface area contributed by atoms with Crippen molar-refractivity contribution in [3.63, 3.8) is 0 Å². The summed E-state index contributed by atoms with van der Waals surface area (Å²) in [5.41, 5.74) is 1.04. The number of carbonyl (C=O) groups is 2. The van der Waals surface area contributed by atoms with Gasteiger partial charge in [0.15, 0.2) is 5.76 Å². The number of rotatable bonds is 4. The summed E-state index contributed by atoms with van der Waals surface area (Å²) in [5.74, 6) is 0.216. The first-order valence-corrected chi connectivity index (χ1v) is 8.88. The molecule has 138 valence electrons. The van der Waals surface area contributed by atoms with E-state index in [2.05, 4.69) is 31.3 Å². The fraction of sp³-hybridized carbons (Fsp3) is 0.400. The predicted molar refractivity (Wildman–Crippen MR) is 99.1 cm³/mol. The third kappa shape index (κ3) is 4.07. The van der Waals surface area contributed by atoms with Crippen LogP contribution in [0.25, 0.3) is 0 Å². The second-order valence-corrected chi connectivity index (χ2v) is 7.17. The molecule has 0 unspecified atom stereocenters. The van der Waals surface area contributed by atoms with Crippen molar-refractivity contribution in [3.8, 4) is 0 Å². The van der Waals surface area contributed by atoms with Crippen molar-refractivity contribution in [2.45, 2.75) is 19.3 Å². The van der Waals surface area contributed by atoms with Gasteiger partial charge in [0, 0.05) is 38.1 Å². The third-order valence-corrected chi connectivity index (χ3v) is 4.82. The summed E-state index contributed by atoms with van der Waals surface area (Å²) < 4.78 is 5.16. The molecule has 1 aromatic carbocycles. The van der Waals surface area contributed by atoms with Gasteiger partial charge in [-0.2, -0.15) is 0 Å².